The average Bonchev–Trinajstić information content (AvgIpc) is 2.38. The Morgan fingerprint density at radius 1 is 1.58 bits per heavy atom. The molecule has 1 aliphatic rings. The van der Waals surface area contributed by atoms with Crippen molar-refractivity contribution in [2.45, 2.75) is 13.0 Å². The van der Waals surface area contributed by atoms with Crippen LogP contribution >= 0.6 is 0 Å². The van der Waals surface area contributed by atoms with Crippen molar-refractivity contribution in [1.82, 2.24) is 0 Å². The molecule has 0 bridgehead atoms. The lowest BCUT2D eigenvalue weighted by atomic mass is 10.1. The maximum Gasteiger partial charge on any atom is 0.295 e. The maximum atomic E-state index is 11.2. The van der Waals surface area contributed by atoms with Gasteiger partial charge in [0.05, 0.1) is 24.2 Å². The molecule has 0 unspecified atom stereocenters. The fourth-order valence-corrected chi connectivity index (χ4v) is 2.36. The molecule has 1 fully saturated rings. The number of nitro benzene ring substituents is 1. The number of rotatable bonds is 4. The van der Waals surface area contributed by atoms with Gasteiger partial charge in [0, 0.05) is 25.8 Å². The van der Waals surface area contributed by atoms with E-state index in [1.807, 2.05) is 11.0 Å². The highest BCUT2D eigenvalue weighted by Crippen LogP contribution is 2.32. The van der Waals surface area contributed by atoms with Crippen LogP contribution in [0.25, 0.3) is 0 Å². The predicted molar refractivity (Wildman–Crippen MR) is 71.7 cm³/mol. The summed E-state index contributed by atoms with van der Waals surface area (Å²) < 4.78 is 10.6. The van der Waals surface area contributed by atoms with E-state index >= 15 is 0 Å². The molecular weight excluding hydrogens is 248 g/mol. The number of anilines is 1. The Hall–Kier alpha value is -1.66. The minimum absolute atomic E-state index is 0.0427. The predicted octanol–water partition coefficient (Wildman–Crippen LogP) is 1.75. The molecule has 0 spiro atoms. The van der Waals surface area contributed by atoms with Gasteiger partial charge in [-0.2, -0.15) is 0 Å². The number of hydrogen-bond donors (Lipinski definition) is 0. The summed E-state index contributed by atoms with van der Waals surface area (Å²) in [4.78, 5) is 12.9. The number of aryl methyl sites for hydroxylation is 1. The number of methoxy groups -OCH3 is 1. The van der Waals surface area contributed by atoms with Crippen LogP contribution < -0.4 is 4.90 Å². The first kappa shape index (κ1) is 13.8. The van der Waals surface area contributed by atoms with Gasteiger partial charge in [0.2, 0.25) is 0 Å². The first-order chi connectivity index (χ1) is 9.13. The zero-order chi connectivity index (χ0) is 13.8. The summed E-state index contributed by atoms with van der Waals surface area (Å²) in [6.07, 6.45) is -0.0427. The molecule has 0 amide bonds. The van der Waals surface area contributed by atoms with Crippen molar-refractivity contribution in [3.63, 3.8) is 0 Å². The highest BCUT2D eigenvalue weighted by atomic mass is 16.6. The van der Waals surface area contributed by atoms with Gasteiger partial charge in [-0.3, -0.25) is 10.1 Å². The second-order valence-corrected chi connectivity index (χ2v) is 4.59. The van der Waals surface area contributed by atoms with Crippen LogP contribution in [-0.2, 0) is 9.47 Å². The van der Waals surface area contributed by atoms with Gasteiger partial charge in [-0.15, -0.1) is 0 Å². The Morgan fingerprint density at radius 3 is 3.05 bits per heavy atom. The Bertz CT molecular complexity index is 462. The van der Waals surface area contributed by atoms with Crippen molar-refractivity contribution in [2.24, 2.45) is 0 Å². The average molecular weight is 266 g/mol. The van der Waals surface area contributed by atoms with Crippen molar-refractivity contribution in [3.8, 4) is 0 Å². The van der Waals surface area contributed by atoms with Crippen LogP contribution in [0, 0.1) is 17.0 Å². The molecule has 1 aromatic rings. The Balaban J connectivity index is 2.26. The lowest BCUT2D eigenvalue weighted by Crippen LogP contribution is -2.44. The number of nitro groups is 1. The normalized spacial score (nSPS) is 19.5. The minimum Gasteiger partial charge on any atom is -0.382 e. The quantitative estimate of drug-likeness (QED) is 0.613. The Labute approximate surface area is 112 Å². The van der Waals surface area contributed by atoms with Crippen LogP contribution in [0.1, 0.15) is 5.56 Å². The molecule has 19 heavy (non-hydrogen) atoms. The number of para-hydroxylation sites is 1. The third kappa shape index (κ3) is 3.02. The van der Waals surface area contributed by atoms with Crippen LogP contribution in [0.3, 0.4) is 0 Å². The van der Waals surface area contributed by atoms with Gasteiger partial charge < -0.3 is 14.4 Å². The Kier molecular flexibility index (Phi) is 4.34. The second-order valence-electron chi connectivity index (χ2n) is 4.59. The van der Waals surface area contributed by atoms with Crippen LogP contribution in [0.15, 0.2) is 18.2 Å². The summed E-state index contributed by atoms with van der Waals surface area (Å²) in [7, 11) is 1.62. The number of nitrogens with zero attached hydrogens (tertiary/aromatic N) is 2. The molecular formula is C13H18N2O4. The smallest absolute Gasteiger partial charge is 0.295 e. The van der Waals surface area contributed by atoms with Gasteiger partial charge in [-0.1, -0.05) is 12.1 Å². The summed E-state index contributed by atoms with van der Waals surface area (Å²) in [5, 5.41) is 11.2. The molecule has 0 N–H and O–H groups in total. The molecule has 0 aromatic heterocycles. The fraction of sp³-hybridized carbons (Fsp3) is 0.538. The van der Waals surface area contributed by atoms with Crippen molar-refractivity contribution in [3.05, 3.63) is 33.9 Å². The SMILES string of the molecule is COC[C@H]1CN(c2cccc(C)c2[N+](=O)[O-])CCO1. The number of morpholine rings is 1. The van der Waals surface area contributed by atoms with Gasteiger partial charge >= 0.3 is 0 Å². The van der Waals surface area contributed by atoms with Crippen molar-refractivity contribution in [1.29, 1.82) is 0 Å². The molecule has 1 heterocycles. The van der Waals surface area contributed by atoms with Gasteiger partial charge in [-0.05, 0) is 13.0 Å². The van der Waals surface area contributed by atoms with E-state index in [1.165, 1.54) is 0 Å². The van der Waals surface area contributed by atoms with Crippen LogP contribution in [-0.4, -0.2) is 44.4 Å². The summed E-state index contributed by atoms with van der Waals surface area (Å²) in [6, 6.07) is 5.40. The number of ether oxygens (including phenoxy) is 2. The topological polar surface area (TPSA) is 64.8 Å². The van der Waals surface area contributed by atoms with Crippen molar-refractivity contribution >= 4 is 11.4 Å². The van der Waals surface area contributed by atoms with E-state index in [9.17, 15) is 10.1 Å². The third-order valence-electron chi connectivity index (χ3n) is 3.23. The van der Waals surface area contributed by atoms with E-state index in [0.717, 1.165) is 0 Å². The highest BCUT2D eigenvalue weighted by Gasteiger charge is 2.26. The van der Waals surface area contributed by atoms with Crippen molar-refractivity contribution < 1.29 is 14.4 Å². The zero-order valence-corrected chi connectivity index (χ0v) is 11.2. The summed E-state index contributed by atoms with van der Waals surface area (Å²) in [5.74, 6) is 0. The van der Waals surface area contributed by atoms with E-state index in [-0.39, 0.29) is 16.7 Å². The second kappa shape index (κ2) is 5.99. The summed E-state index contributed by atoms with van der Waals surface area (Å²) in [5.41, 5.74) is 1.52. The summed E-state index contributed by atoms with van der Waals surface area (Å²) in [6.45, 7) is 4.08. The molecule has 1 atom stereocenters. The van der Waals surface area contributed by atoms with Gasteiger partial charge in [0.25, 0.3) is 5.69 Å². The van der Waals surface area contributed by atoms with E-state index in [0.29, 0.717) is 37.6 Å². The Morgan fingerprint density at radius 2 is 2.37 bits per heavy atom. The molecule has 0 radical (unpaired) electrons. The standard InChI is InChI=1S/C13H18N2O4/c1-10-4-3-5-12(13(10)15(16)17)14-6-7-19-11(8-14)9-18-2/h3-5,11H,6-9H2,1-2H3/t11-/m1/s1. The van der Waals surface area contributed by atoms with E-state index in [4.69, 9.17) is 9.47 Å². The molecule has 0 saturated carbocycles. The molecule has 6 nitrogen and oxygen atoms in total. The highest BCUT2D eigenvalue weighted by molar-refractivity contribution is 5.66. The van der Waals surface area contributed by atoms with Crippen LogP contribution in [0.4, 0.5) is 11.4 Å². The molecule has 104 valence electrons. The lowest BCUT2D eigenvalue weighted by Gasteiger charge is -2.34. The minimum atomic E-state index is -0.314. The first-order valence-electron chi connectivity index (χ1n) is 6.23. The van der Waals surface area contributed by atoms with Crippen LogP contribution in [0.2, 0.25) is 0 Å². The van der Waals surface area contributed by atoms with Crippen LogP contribution in [0.5, 0.6) is 0 Å². The molecule has 1 aromatic carbocycles. The van der Waals surface area contributed by atoms with E-state index in [1.54, 1.807) is 26.2 Å². The zero-order valence-electron chi connectivity index (χ0n) is 11.2. The molecule has 1 saturated heterocycles. The number of hydrogen-bond acceptors (Lipinski definition) is 5. The molecule has 1 aliphatic heterocycles. The largest absolute Gasteiger partial charge is 0.382 e. The van der Waals surface area contributed by atoms with Gasteiger partial charge in [0.15, 0.2) is 0 Å². The van der Waals surface area contributed by atoms with E-state index in [2.05, 4.69) is 0 Å². The third-order valence-corrected chi connectivity index (χ3v) is 3.23. The van der Waals surface area contributed by atoms with Gasteiger partial charge in [-0.25, -0.2) is 0 Å². The molecule has 2 rings (SSSR count). The molecule has 6 heteroatoms. The van der Waals surface area contributed by atoms with E-state index < -0.39 is 0 Å². The maximum absolute atomic E-state index is 11.2. The first-order valence-corrected chi connectivity index (χ1v) is 6.23. The fourth-order valence-electron chi connectivity index (χ4n) is 2.36. The monoisotopic (exact) mass is 266 g/mol. The number of benzene rings is 1. The molecule has 0 aliphatic carbocycles. The summed E-state index contributed by atoms with van der Waals surface area (Å²) >= 11 is 0. The lowest BCUT2D eigenvalue weighted by molar-refractivity contribution is -0.384. The van der Waals surface area contributed by atoms with Crippen molar-refractivity contribution in [2.75, 3.05) is 38.3 Å². The van der Waals surface area contributed by atoms with Gasteiger partial charge in [0.1, 0.15) is 5.69 Å².